The van der Waals surface area contributed by atoms with Gasteiger partial charge in [-0.15, -0.1) is 0 Å². The van der Waals surface area contributed by atoms with Crippen molar-refractivity contribution in [2.24, 2.45) is 0 Å². The SMILES string of the molecule is CCNCc1ccc(N(C)CCC(F)(F)F)c(Br)c1. The molecule has 2 nitrogen and oxygen atoms in total. The van der Waals surface area contributed by atoms with Crippen molar-refractivity contribution in [1.82, 2.24) is 5.32 Å². The van der Waals surface area contributed by atoms with Gasteiger partial charge in [-0.05, 0) is 40.2 Å². The Labute approximate surface area is 120 Å². The van der Waals surface area contributed by atoms with Crippen molar-refractivity contribution in [3.05, 3.63) is 28.2 Å². The fraction of sp³-hybridized carbons (Fsp3) is 0.538. The molecule has 108 valence electrons. The second kappa shape index (κ2) is 7.14. The molecule has 0 atom stereocenters. The molecule has 0 aliphatic carbocycles. The number of nitrogens with one attached hydrogen (secondary N) is 1. The minimum absolute atomic E-state index is 0.0470. The Bertz CT molecular complexity index is 407. The van der Waals surface area contributed by atoms with Gasteiger partial charge in [0.05, 0.1) is 12.1 Å². The molecule has 1 aromatic carbocycles. The number of benzene rings is 1. The molecule has 0 amide bonds. The molecule has 1 rings (SSSR count). The first-order valence-electron chi connectivity index (χ1n) is 6.10. The quantitative estimate of drug-likeness (QED) is 0.844. The highest BCUT2D eigenvalue weighted by Gasteiger charge is 2.27. The molecule has 1 aromatic rings. The van der Waals surface area contributed by atoms with Crippen LogP contribution in [0.15, 0.2) is 22.7 Å². The van der Waals surface area contributed by atoms with Crippen molar-refractivity contribution in [2.45, 2.75) is 26.1 Å². The lowest BCUT2D eigenvalue weighted by Crippen LogP contribution is -2.24. The zero-order chi connectivity index (χ0) is 14.5. The van der Waals surface area contributed by atoms with Gasteiger partial charge in [-0.2, -0.15) is 13.2 Å². The lowest BCUT2D eigenvalue weighted by Gasteiger charge is -2.22. The molecule has 0 spiro atoms. The highest BCUT2D eigenvalue weighted by atomic mass is 79.9. The van der Waals surface area contributed by atoms with Gasteiger partial charge in [0.15, 0.2) is 0 Å². The molecule has 0 saturated heterocycles. The van der Waals surface area contributed by atoms with Crippen LogP contribution >= 0.6 is 15.9 Å². The highest BCUT2D eigenvalue weighted by Crippen LogP contribution is 2.28. The minimum atomic E-state index is -4.12. The Balaban J connectivity index is 2.67. The molecule has 0 aliphatic heterocycles. The zero-order valence-corrected chi connectivity index (χ0v) is 12.6. The first-order valence-corrected chi connectivity index (χ1v) is 6.90. The van der Waals surface area contributed by atoms with E-state index < -0.39 is 12.6 Å². The molecule has 0 fully saturated rings. The predicted octanol–water partition coefficient (Wildman–Crippen LogP) is 3.95. The second-order valence-corrected chi connectivity index (χ2v) is 5.21. The minimum Gasteiger partial charge on any atom is -0.373 e. The summed E-state index contributed by atoms with van der Waals surface area (Å²) in [6.45, 7) is 3.61. The van der Waals surface area contributed by atoms with Crippen LogP contribution in [0.25, 0.3) is 0 Å². The second-order valence-electron chi connectivity index (χ2n) is 4.35. The van der Waals surface area contributed by atoms with Crippen LogP contribution in [-0.2, 0) is 6.54 Å². The van der Waals surface area contributed by atoms with E-state index in [9.17, 15) is 13.2 Å². The van der Waals surface area contributed by atoms with Crippen molar-refractivity contribution < 1.29 is 13.2 Å². The van der Waals surface area contributed by atoms with Crippen molar-refractivity contribution in [2.75, 3.05) is 25.0 Å². The summed E-state index contributed by atoms with van der Waals surface area (Å²) in [5.74, 6) is 0. The normalized spacial score (nSPS) is 11.7. The summed E-state index contributed by atoms with van der Waals surface area (Å²) in [7, 11) is 1.66. The van der Waals surface area contributed by atoms with Crippen LogP contribution < -0.4 is 10.2 Å². The fourth-order valence-electron chi connectivity index (χ4n) is 1.65. The maximum atomic E-state index is 12.2. The first-order chi connectivity index (χ1) is 8.83. The number of rotatable bonds is 6. The van der Waals surface area contributed by atoms with Crippen LogP contribution in [0.2, 0.25) is 0 Å². The lowest BCUT2D eigenvalue weighted by atomic mass is 10.2. The third kappa shape index (κ3) is 5.82. The number of nitrogens with zero attached hydrogens (tertiary/aromatic N) is 1. The van der Waals surface area contributed by atoms with E-state index >= 15 is 0 Å². The van der Waals surface area contributed by atoms with Gasteiger partial charge in [0.1, 0.15) is 0 Å². The summed E-state index contributed by atoms with van der Waals surface area (Å²) in [4.78, 5) is 1.61. The summed E-state index contributed by atoms with van der Waals surface area (Å²) < 4.78 is 37.4. The maximum absolute atomic E-state index is 12.2. The van der Waals surface area contributed by atoms with Crippen LogP contribution in [0.3, 0.4) is 0 Å². The summed E-state index contributed by atoms with van der Waals surface area (Å²) >= 11 is 3.41. The van der Waals surface area contributed by atoms with E-state index in [0.717, 1.165) is 28.8 Å². The van der Waals surface area contributed by atoms with Crippen molar-refractivity contribution in [1.29, 1.82) is 0 Å². The molecule has 6 heteroatoms. The monoisotopic (exact) mass is 338 g/mol. The van der Waals surface area contributed by atoms with Crippen molar-refractivity contribution >= 4 is 21.6 Å². The molecular weight excluding hydrogens is 321 g/mol. The summed E-state index contributed by atoms with van der Waals surface area (Å²) in [6.07, 6.45) is -4.93. The summed E-state index contributed by atoms with van der Waals surface area (Å²) in [5.41, 5.74) is 1.87. The third-order valence-electron chi connectivity index (χ3n) is 2.73. The number of hydrogen-bond donors (Lipinski definition) is 1. The van der Waals surface area contributed by atoms with Crippen LogP contribution in [0.4, 0.5) is 18.9 Å². The standard InChI is InChI=1S/C13H18BrF3N2/c1-3-18-9-10-4-5-12(11(14)8-10)19(2)7-6-13(15,16)17/h4-5,8,18H,3,6-7,9H2,1-2H3. The first kappa shape index (κ1) is 16.3. The Hall–Kier alpha value is -0.750. The van der Waals surface area contributed by atoms with Crippen molar-refractivity contribution in [3.63, 3.8) is 0 Å². The third-order valence-corrected chi connectivity index (χ3v) is 3.37. The topological polar surface area (TPSA) is 15.3 Å². The van der Waals surface area contributed by atoms with Gasteiger partial charge in [-0.25, -0.2) is 0 Å². The van der Waals surface area contributed by atoms with E-state index in [-0.39, 0.29) is 6.54 Å². The van der Waals surface area contributed by atoms with E-state index in [4.69, 9.17) is 0 Å². The average Bonchev–Trinajstić information content (AvgIpc) is 2.32. The van der Waals surface area contributed by atoms with Gasteiger partial charge in [-0.3, -0.25) is 0 Å². The van der Waals surface area contributed by atoms with Gasteiger partial charge < -0.3 is 10.2 Å². The van der Waals surface area contributed by atoms with E-state index in [1.165, 1.54) is 0 Å². The number of halogens is 4. The van der Waals surface area contributed by atoms with Crippen LogP contribution in [-0.4, -0.2) is 26.3 Å². The summed E-state index contributed by atoms with van der Waals surface area (Å²) in [5, 5.41) is 3.20. The van der Waals surface area contributed by atoms with Gasteiger partial charge in [0.25, 0.3) is 0 Å². The van der Waals surface area contributed by atoms with Gasteiger partial charge >= 0.3 is 6.18 Å². The van der Waals surface area contributed by atoms with Crippen LogP contribution in [0.5, 0.6) is 0 Å². The molecule has 0 heterocycles. The molecule has 0 aliphatic rings. The van der Waals surface area contributed by atoms with Gasteiger partial charge in [0.2, 0.25) is 0 Å². The Morgan fingerprint density at radius 3 is 2.53 bits per heavy atom. The molecule has 0 aromatic heterocycles. The Morgan fingerprint density at radius 2 is 2.00 bits per heavy atom. The number of hydrogen-bond acceptors (Lipinski definition) is 2. The lowest BCUT2D eigenvalue weighted by molar-refractivity contribution is -0.132. The Morgan fingerprint density at radius 1 is 1.32 bits per heavy atom. The van der Waals surface area contributed by atoms with Crippen molar-refractivity contribution in [3.8, 4) is 0 Å². The average molecular weight is 339 g/mol. The molecule has 0 bridgehead atoms. The molecule has 1 N–H and O–H groups in total. The van der Waals surface area contributed by atoms with Gasteiger partial charge in [-0.1, -0.05) is 13.0 Å². The molecular formula is C13H18BrF3N2. The zero-order valence-electron chi connectivity index (χ0n) is 11.0. The fourth-order valence-corrected chi connectivity index (χ4v) is 2.38. The van der Waals surface area contributed by atoms with E-state index in [0.29, 0.717) is 0 Å². The summed E-state index contributed by atoms with van der Waals surface area (Å²) in [6, 6.07) is 5.70. The number of anilines is 1. The molecule has 19 heavy (non-hydrogen) atoms. The number of alkyl halides is 3. The molecule has 0 unspecified atom stereocenters. The van der Waals surface area contributed by atoms with Gasteiger partial charge in [0, 0.05) is 24.6 Å². The molecule has 0 saturated carbocycles. The van der Waals surface area contributed by atoms with E-state index in [2.05, 4.69) is 21.2 Å². The highest BCUT2D eigenvalue weighted by molar-refractivity contribution is 9.10. The van der Waals surface area contributed by atoms with E-state index in [1.807, 2.05) is 25.1 Å². The smallest absolute Gasteiger partial charge is 0.373 e. The largest absolute Gasteiger partial charge is 0.390 e. The maximum Gasteiger partial charge on any atom is 0.390 e. The van der Waals surface area contributed by atoms with E-state index in [1.54, 1.807) is 11.9 Å². The Kier molecular flexibility index (Phi) is 6.13. The molecule has 0 radical (unpaired) electrons. The van der Waals surface area contributed by atoms with Crippen LogP contribution in [0, 0.1) is 0 Å². The van der Waals surface area contributed by atoms with Crippen LogP contribution in [0.1, 0.15) is 18.9 Å². The predicted molar refractivity (Wildman–Crippen MR) is 75.5 cm³/mol.